The highest BCUT2D eigenvalue weighted by molar-refractivity contribution is 5.78. The largest absolute Gasteiger partial charge is 0.481 e. The lowest BCUT2D eigenvalue weighted by Crippen LogP contribution is -2.02. The summed E-state index contributed by atoms with van der Waals surface area (Å²) in [6.45, 7) is 0. The van der Waals surface area contributed by atoms with Gasteiger partial charge in [-0.2, -0.15) is 0 Å². The molecule has 0 saturated heterocycles. The quantitative estimate of drug-likeness (QED) is 0.929. The molecular weight excluding hydrogens is 281 g/mol. The minimum atomic E-state index is -1.02. The minimum Gasteiger partial charge on any atom is -0.481 e. The van der Waals surface area contributed by atoms with E-state index in [1.807, 2.05) is 0 Å². The van der Waals surface area contributed by atoms with Crippen LogP contribution in [-0.4, -0.2) is 11.1 Å². The van der Waals surface area contributed by atoms with Gasteiger partial charge in [0.15, 0.2) is 0 Å². The normalized spacial score (nSPS) is 20.3. The molecule has 108 valence electrons. The van der Waals surface area contributed by atoms with Crippen molar-refractivity contribution in [1.82, 2.24) is 0 Å². The molecule has 5 heteroatoms. The number of carboxylic acid groups (broad SMARTS) is 1. The molecule has 21 heavy (non-hydrogen) atoms. The summed E-state index contributed by atoms with van der Waals surface area (Å²) in [5, 5.41) is 8.98. The van der Waals surface area contributed by atoms with E-state index in [4.69, 9.17) is 5.11 Å². The Hall–Kier alpha value is -2.30. The summed E-state index contributed by atoms with van der Waals surface area (Å²) in [6, 6.07) is 7.36. The lowest BCUT2D eigenvalue weighted by atomic mass is 9.94. The van der Waals surface area contributed by atoms with Crippen molar-refractivity contribution in [3.05, 3.63) is 59.4 Å². The zero-order valence-electron chi connectivity index (χ0n) is 10.8. The molecule has 0 spiro atoms. The number of hydrogen-bond acceptors (Lipinski definition) is 1. The Morgan fingerprint density at radius 1 is 1.00 bits per heavy atom. The summed E-state index contributed by atoms with van der Waals surface area (Å²) >= 11 is 0. The van der Waals surface area contributed by atoms with Crippen LogP contribution >= 0.6 is 0 Å². The first-order valence-corrected chi connectivity index (χ1v) is 6.46. The molecule has 1 N–H and O–H groups in total. The lowest BCUT2D eigenvalue weighted by Gasteiger charge is -2.12. The van der Waals surface area contributed by atoms with Crippen LogP contribution in [0.4, 0.5) is 13.2 Å². The molecule has 0 unspecified atom stereocenters. The van der Waals surface area contributed by atoms with Crippen LogP contribution in [0.25, 0.3) is 11.1 Å². The second-order valence-corrected chi connectivity index (χ2v) is 5.08. The summed E-state index contributed by atoms with van der Waals surface area (Å²) in [5.41, 5.74) is -0.156. The molecular formula is C16H11F3O2. The highest BCUT2D eigenvalue weighted by Gasteiger charge is 2.46. The first-order valence-electron chi connectivity index (χ1n) is 6.46. The molecule has 0 heterocycles. The minimum absolute atomic E-state index is 0.0777. The Morgan fingerprint density at radius 3 is 2.14 bits per heavy atom. The zero-order valence-corrected chi connectivity index (χ0v) is 10.8. The van der Waals surface area contributed by atoms with Crippen LogP contribution in [0.5, 0.6) is 0 Å². The summed E-state index contributed by atoms with van der Waals surface area (Å²) in [4.78, 5) is 11.0. The van der Waals surface area contributed by atoms with Crippen molar-refractivity contribution in [1.29, 1.82) is 0 Å². The fourth-order valence-electron chi connectivity index (χ4n) is 2.67. The maximum absolute atomic E-state index is 14.1. The molecule has 2 aromatic rings. The molecule has 3 rings (SSSR count). The van der Waals surface area contributed by atoms with E-state index in [9.17, 15) is 18.0 Å². The van der Waals surface area contributed by atoms with E-state index in [1.54, 1.807) is 0 Å². The van der Waals surface area contributed by atoms with Gasteiger partial charge in [-0.3, -0.25) is 4.79 Å². The molecule has 2 aromatic carbocycles. The first-order chi connectivity index (χ1) is 10.0. The highest BCUT2D eigenvalue weighted by atomic mass is 19.1. The van der Waals surface area contributed by atoms with Gasteiger partial charge in [0.05, 0.1) is 11.5 Å². The molecule has 2 nitrogen and oxygen atoms in total. The zero-order chi connectivity index (χ0) is 15.1. The van der Waals surface area contributed by atoms with E-state index >= 15 is 0 Å². The molecule has 1 saturated carbocycles. The summed E-state index contributed by atoms with van der Waals surface area (Å²) in [6.07, 6.45) is 0.277. The van der Waals surface area contributed by atoms with Crippen molar-refractivity contribution >= 4 is 5.97 Å². The van der Waals surface area contributed by atoms with Gasteiger partial charge in [-0.1, -0.05) is 18.2 Å². The highest BCUT2D eigenvalue weighted by Crippen LogP contribution is 2.51. The van der Waals surface area contributed by atoms with Crippen molar-refractivity contribution in [3.8, 4) is 11.1 Å². The van der Waals surface area contributed by atoms with E-state index in [1.165, 1.54) is 24.3 Å². The van der Waals surface area contributed by atoms with Crippen LogP contribution in [0, 0.1) is 23.4 Å². The fraction of sp³-hybridized carbons (Fsp3) is 0.188. The number of carboxylic acids is 1. The molecule has 1 fully saturated rings. The third-order valence-electron chi connectivity index (χ3n) is 3.76. The number of hydrogen-bond donors (Lipinski definition) is 1. The van der Waals surface area contributed by atoms with Gasteiger partial charge >= 0.3 is 5.97 Å². The molecule has 0 aliphatic heterocycles. The van der Waals surface area contributed by atoms with Crippen molar-refractivity contribution in [3.63, 3.8) is 0 Å². The van der Waals surface area contributed by atoms with Gasteiger partial charge in [0.2, 0.25) is 0 Å². The van der Waals surface area contributed by atoms with Crippen molar-refractivity contribution < 1.29 is 23.1 Å². The van der Waals surface area contributed by atoms with E-state index in [0.29, 0.717) is 0 Å². The molecule has 0 amide bonds. The number of aliphatic carboxylic acids is 1. The third-order valence-corrected chi connectivity index (χ3v) is 3.76. The van der Waals surface area contributed by atoms with Crippen LogP contribution in [-0.2, 0) is 4.79 Å². The number of rotatable bonds is 3. The monoisotopic (exact) mass is 292 g/mol. The van der Waals surface area contributed by atoms with Crippen molar-refractivity contribution in [2.24, 2.45) is 5.92 Å². The standard InChI is InChI=1S/C16H11F3O2/c17-11-4-1-3-8(14(11)9-7-10(9)16(20)21)15-12(18)5-2-6-13(15)19/h1-6,9-10H,7H2,(H,20,21)/t9-,10-/m1/s1. The Balaban J connectivity index is 2.17. The third kappa shape index (κ3) is 2.28. The van der Waals surface area contributed by atoms with Gasteiger partial charge in [-0.15, -0.1) is 0 Å². The molecule has 0 bridgehead atoms. The molecule has 2 atom stereocenters. The first kappa shape index (κ1) is 13.7. The maximum Gasteiger partial charge on any atom is 0.307 e. The fourth-order valence-corrected chi connectivity index (χ4v) is 2.67. The molecule has 0 radical (unpaired) electrons. The molecule has 0 aromatic heterocycles. The number of benzene rings is 2. The Labute approximate surface area is 118 Å². The van der Waals surface area contributed by atoms with Crippen LogP contribution < -0.4 is 0 Å². The smallest absolute Gasteiger partial charge is 0.307 e. The second-order valence-electron chi connectivity index (χ2n) is 5.08. The van der Waals surface area contributed by atoms with E-state index < -0.39 is 35.3 Å². The van der Waals surface area contributed by atoms with Crippen LogP contribution in [0.15, 0.2) is 36.4 Å². The Bertz CT molecular complexity index is 707. The van der Waals surface area contributed by atoms with Gasteiger partial charge in [0.25, 0.3) is 0 Å². The van der Waals surface area contributed by atoms with Crippen LogP contribution in [0.2, 0.25) is 0 Å². The Morgan fingerprint density at radius 2 is 1.57 bits per heavy atom. The van der Waals surface area contributed by atoms with Crippen molar-refractivity contribution in [2.75, 3.05) is 0 Å². The van der Waals surface area contributed by atoms with E-state index in [-0.39, 0.29) is 23.1 Å². The second kappa shape index (κ2) is 4.91. The molecule has 1 aliphatic carbocycles. The predicted octanol–water partition coefficient (Wildman–Crippen LogP) is 3.96. The van der Waals surface area contributed by atoms with Crippen LogP contribution in [0.1, 0.15) is 17.9 Å². The van der Waals surface area contributed by atoms with Gasteiger partial charge in [0, 0.05) is 5.92 Å². The average Bonchev–Trinajstić information content (AvgIpc) is 3.19. The summed E-state index contributed by atoms with van der Waals surface area (Å²) < 4.78 is 41.9. The van der Waals surface area contributed by atoms with Crippen LogP contribution in [0.3, 0.4) is 0 Å². The average molecular weight is 292 g/mol. The number of carbonyl (C=O) groups is 1. The van der Waals surface area contributed by atoms with E-state index in [0.717, 1.165) is 12.1 Å². The SMILES string of the molecule is O=C(O)[C@@H]1C[C@H]1c1c(F)cccc1-c1c(F)cccc1F. The maximum atomic E-state index is 14.1. The van der Waals surface area contributed by atoms with Crippen molar-refractivity contribution in [2.45, 2.75) is 12.3 Å². The van der Waals surface area contributed by atoms with Gasteiger partial charge in [0.1, 0.15) is 17.5 Å². The lowest BCUT2D eigenvalue weighted by molar-refractivity contribution is -0.138. The number of halogens is 3. The van der Waals surface area contributed by atoms with Gasteiger partial charge in [-0.05, 0) is 35.7 Å². The summed E-state index contributed by atoms with van der Waals surface area (Å²) in [5.74, 6) is -4.50. The van der Waals surface area contributed by atoms with Gasteiger partial charge in [-0.25, -0.2) is 13.2 Å². The topological polar surface area (TPSA) is 37.3 Å². The van der Waals surface area contributed by atoms with E-state index in [2.05, 4.69) is 0 Å². The predicted molar refractivity (Wildman–Crippen MR) is 70.2 cm³/mol. The summed E-state index contributed by atoms with van der Waals surface area (Å²) in [7, 11) is 0. The Kier molecular flexibility index (Phi) is 3.20. The molecule has 1 aliphatic rings. The van der Waals surface area contributed by atoms with Gasteiger partial charge < -0.3 is 5.11 Å².